The molecule has 0 saturated heterocycles. The van der Waals surface area contributed by atoms with Gasteiger partial charge in [-0.15, -0.1) is 0 Å². The van der Waals surface area contributed by atoms with E-state index < -0.39 is 0 Å². The van der Waals surface area contributed by atoms with Gasteiger partial charge in [-0.2, -0.15) is 5.10 Å². The number of H-pyrrole nitrogens is 1. The number of rotatable bonds is 3. The Morgan fingerprint density at radius 1 is 1.25 bits per heavy atom. The van der Waals surface area contributed by atoms with Crippen molar-refractivity contribution in [2.45, 2.75) is 6.54 Å². The van der Waals surface area contributed by atoms with Crippen molar-refractivity contribution < 1.29 is 9.90 Å². The van der Waals surface area contributed by atoms with Crippen LogP contribution in [0.1, 0.15) is 15.9 Å². The Morgan fingerprint density at radius 2 is 2.15 bits per heavy atom. The first kappa shape index (κ1) is 12.2. The van der Waals surface area contributed by atoms with Crippen LogP contribution in [0.15, 0.2) is 48.7 Å². The number of benzene rings is 2. The Labute approximate surface area is 115 Å². The van der Waals surface area contributed by atoms with Crippen LogP contribution in [0.2, 0.25) is 0 Å². The smallest absolute Gasteiger partial charge is 0.251 e. The molecule has 0 saturated carbocycles. The molecule has 0 atom stereocenters. The van der Waals surface area contributed by atoms with Gasteiger partial charge in [0.1, 0.15) is 5.75 Å². The third kappa shape index (κ3) is 2.47. The molecular weight excluding hydrogens is 254 g/mol. The standard InChI is InChI=1S/C15H13N3O2/c19-13-3-1-2-11(7-13)15(20)16-8-10-4-5-12-9-17-18-14(12)6-10/h1-7,9,19H,8H2,(H,16,20)(H,17,18). The number of amides is 1. The Kier molecular flexibility index (Phi) is 3.09. The zero-order valence-corrected chi connectivity index (χ0v) is 10.6. The summed E-state index contributed by atoms with van der Waals surface area (Å²) in [7, 11) is 0. The van der Waals surface area contributed by atoms with Gasteiger partial charge in [-0.05, 0) is 29.8 Å². The summed E-state index contributed by atoms with van der Waals surface area (Å²) in [6.07, 6.45) is 1.75. The number of nitrogens with one attached hydrogen (secondary N) is 2. The molecule has 0 spiro atoms. The molecule has 1 aromatic heterocycles. The van der Waals surface area contributed by atoms with E-state index in [1.165, 1.54) is 12.1 Å². The third-order valence-electron chi connectivity index (χ3n) is 3.07. The first-order valence-electron chi connectivity index (χ1n) is 6.21. The maximum absolute atomic E-state index is 11.9. The number of nitrogens with zero attached hydrogens (tertiary/aromatic N) is 1. The zero-order valence-electron chi connectivity index (χ0n) is 10.6. The molecule has 100 valence electrons. The van der Waals surface area contributed by atoms with E-state index in [1.807, 2.05) is 18.2 Å². The van der Waals surface area contributed by atoms with E-state index in [0.29, 0.717) is 12.1 Å². The van der Waals surface area contributed by atoms with Crippen molar-refractivity contribution >= 4 is 16.8 Å². The summed E-state index contributed by atoms with van der Waals surface area (Å²) in [5, 5.41) is 20.0. The minimum Gasteiger partial charge on any atom is -0.508 e. The molecule has 0 aliphatic heterocycles. The molecule has 0 aliphatic rings. The van der Waals surface area contributed by atoms with E-state index in [1.54, 1.807) is 18.3 Å². The number of hydrogen-bond acceptors (Lipinski definition) is 3. The number of carbonyl (C=O) groups excluding carboxylic acids is 1. The highest BCUT2D eigenvalue weighted by Crippen LogP contribution is 2.13. The Balaban J connectivity index is 1.71. The Bertz CT molecular complexity index is 764. The molecule has 0 fully saturated rings. The number of aromatic nitrogens is 2. The van der Waals surface area contributed by atoms with Crippen molar-refractivity contribution in [3.63, 3.8) is 0 Å². The topological polar surface area (TPSA) is 78.0 Å². The first-order chi connectivity index (χ1) is 9.72. The minimum atomic E-state index is -0.217. The van der Waals surface area contributed by atoms with Crippen molar-refractivity contribution in [2.75, 3.05) is 0 Å². The minimum absolute atomic E-state index is 0.0801. The van der Waals surface area contributed by atoms with Crippen LogP contribution in [0.4, 0.5) is 0 Å². The molecule has 0 bridgehead atoms. The number of aromatic hydroxyl groups is 1. The molecule has 3 N–H and O–H groups in total. The number of aromatic amines is 1. The van der Waals surface area contributed by atoms with E-state index >= 15 is 0 Å². The second-order valence-corrected chi connectivity index (χ2v) is 4.52. The van der Waals surface area contributed by atoms with Crippen molar-refractivity contribution in [3.05, 3.63) is 59.8 Å². The van der Waals surface area contributed by atoms with E-state index in [0.717, 1.165) is 16.5 Å². The van der Waals surface area contributed by atoms with Crippen molar-refractivity contribution in [1.29, 1.82) is 0 Å². The summed E-state index contributed by atoms with van der Waals surface area (Å²) in [5.41, 5.74) is 2.36. The molecule has 3 rings (SSSR count). The Hall–Kier alpha value is -2.82. The summed E-state index contributed by atoms with van der Waals surface area (Å²) >= 11 is 0. The molecule has 0 aliphatic carbocycles. The highest BCUT2D eigenvalue weighted by molar-refractivity contribution is 5.94. The average Bonchev–Trinajstić information content (AvgIpc) is 2.92. The monoisotopic (exact) mass is 267 g/mol. The van der Waals surface area contributed by atoms with E-state index in [4.69, 9.17) is 0 Å². The third-order valence-corrected chi connectivity index (χ3v) is 3.07. The summed E-state index contributed by atoms with van der Waals surface area (Å²) in [6, 6.07) is 12.1. The average molecular weight is 267 g/mol. The lowest BCUT2D eigenvalue weighted by atomic mass is 10.1. The van der Waals surface area contributed by atoms with Crippen LogP contribution in [-0.2, 0) is 6.54 Å². The predicted octanol–water partition coefficient (Wildman–Crippen LogP) is 2.20. The maximum atomic E-state index is 11.9. The summed E-state index contributed by atoms with van der Waals surface area (Å²) in [4.78, 5) is 11.9. The maximum Gasteiger partial charge on any atom is 0.251 e. The summed E-state index contributed by atoms with van der Waals surface area (Å²) in [5.74, 6) is -0.137. The van der Waals surface area contributed by atoms with Gasteiger partial charge in [0.2, 0.25) is 0 Å². The van der Waals surface area contributed by atoms with Crippen LogP contribution >= 0.6 is 0 Å². The fraction of sp³-hybridized carbons (Fsp3) is 0.0667. The van der Waals surface area contributed by atoms with Crippen molar-refractivity contribution in [2.24, 2.45) is 0 Å². The van der Waals surface area contributed by atoms with Crippen LogP contribution in [0.5, 0.6) is 5.75 Å². The van der Waals surface area contributed by atoms with Crippen LogP contribution in [0.3, 0.4) is 0 Å². The van der Waals surface area contributed by atoms with Gasteiger partial charge in [0.25, 0.3) is 5.91 Å². The van der Waals surface area contributed by atoms with Gasteiger partial charge in [-0.25, -0.2) is 0 Å². The molecule has 2 aromatic carbocycles. The quantitative estimate of drug-likeness (QED) is 0.680. The molecule has 5 heteroatoms. The lowest BCUT2D eigenvalue weighted by Crippen LogP contribution is -2.22. The Morgan fingerprint density at radius 3 is 3.00 bits per heavy atom. The highest BCUT2D eigenvalue weighted by atomic mass is 16.3. The molecule has 5 nitrogen and oxygen atoms in total. The second-order valence-electron chi connectivity index (χ2n) is 4.52. The molecule has 1 amide bonds. The molecule has 0 unspecified atom stereocenters. The SMILES string of the molecule is O=C(NCc1ccc2cn[nH]c2c1)c1cccc(O)c1. The van der Waals surface area contributed by atoms with E-state index in [9.17, 15) is 9.90 Å². The fourth-order valence-corrected chi connectivity index (χ4v) is 2.03. The predicted molar refractivity (Wildman–Crippen MR) is 75.4 cm³/mol. The summed E-state index contributed by atoms with van der Waals surface area (Å²) in [6.45, 7) is 0.420. The highest BCUT2D eigenvalue weighted by Gasteiger charge is 2.06. The van der Waals surface area contributed by atoms with Gasteiger partial charge in [-0.1, -0.05) is 18.2 Å². The van der Waals surface area contributed by atoms with Crippen LogP contribution in [-0.4, -0.2) is 21.2 Å². The molecule has 20 heavy (non-hydrogen) atoms. The van der Waals surface area contributed by atoms with Gasteiger partial charge in [0.05, 0.1) is 11.7 Å². The van der Waals surface area contributed by atoms with Crippen molar-refractivity contribution in [1.82, 2.24) is 15.5 Å². The van der Waals surface area contributed by atoms with Gasteiger partial charge in [-0.3, -0.25) is 9.89 Å². The van der Waals surface area contributed by atoms with E-state index in [2.05, 4.69) is 15.5 Å². The fourth-order valence-electron chi connectivity index (χ4n) is 2.03. The molecule has 0 radical (unpaired) electrons. The van der Waals surface area contributed by atoms with Gasteiger partial charge in [0.15, 0.2) is 0 Å². The lowest BCUT2D eigenvalue weighted by molar-refractivity contribution is 0.0950. The van der Waals surface area contributed by atoms with Crippen LogP contribution in [0.25, 0.3) is 10.9 Å². The molecule has 3 aromatic rings. The summed E-state index contributed by atoms with van der Waals surface area (Å²) < 4.78 is 0. The lowest BCUT2D eigenvalue weighted by Gasteiger charge is -2.06. The zero-order chi connectivity index (χ0) is 13.9. The number of phenolic OH excluding ortho intramolecular Hbond substituents is 1. The van der Waals surface area contributed by atoms with Crippen LogP contribution < -0.4 is 5.32 Å². The normalized spacial score (nSPS) is 10.6. The largest absolute Gasteiger partial charge is 0.508 e. The number of hydrogen-bond donors (Lipinski definition) is 3. The number of fused-ring (bicyclic) bond motifs is 1. The molecular formula is C15H13N3O2. The van der Waals surface area contributed by atoms with Crippen LogP contribution in [0, 0.1) is 0 Å². The van der Waals surface area contributed by atoms with E-state index in [-0.39, 0.29) is 11.7 Å². The number of phenols is 1. The molecule has 1 heterocycles. The first-order valence-corrected chi connectivity index (χ1v) is 6.21. The van der Waals surface area contributed by atoms with Gasteiger partial charge in [0, 0.05) is 17.5 Å². The van der Waals surface area contributed by atoms with Gasteiger partial charge < -0.3 is 10.4 Å². The van der Waals surface area contributed by atoms with Crippen molar-refractivity contribution in [3.8, 4) is 5.75 Å². The van der Waals surface area contributed by atoms with Gasteiger partial charge >= 0.3 is 0 Å². The number of carbonyl (C=O) groups is 1. The second kappa shape index (κ2) is 5.05.